The molecular weight excluding hydrogens is 424 g/mol. The summed E-state index contributed by atoms with van der Waals surface area (Å²) in [5, 5.41) is 4.78. The summed E-state index contributed by atoms with van der Waals surface area (Å²) >= 11 is 0. The van der Waals surface area contributed by atoms with E-state index in [1.807, 2.05) is 59.1 Å². The highest BCUT2D eigenvalue weighted by Crippen LogP contribution is 2.24. The normalized spacial score (nSPS) is 13.9. The lowest BCUT2D eigenvalue weighted by Crippen LogP contribution is -2.25. The third kappa shape index (κ3) is 4.97. The number of hydrogen-bond acceptors (Lipinski definition) is 5. The molecule has 174 valence electrons. The van der Waals surface area contributed by atoms with Gasteiger partial charge in [0.05, 0.1) is 12.8 Å². The molecule has 2 aromatic carbocycles. The fourth-order valence-corrected chi connectivity index (χ4v) is 4.38. The monoisotopic (exact) mass is 454 g/mol. The highest BCUT2D eigenvalue weighted by molar-refractivity contribution is 5.66. The SMILES string of the molecule is C=C(Cc1nc2cccc(-c3ccc(OC)cc3)n2n1)c1ccc(OCCN2CCCC2)cc1. The van der Waals surface area contributed by atoms with Crippen LogP contribution in [0.2, 0.25) is 0 Å². The van der Waals surface area contributed by atoms with Crippen LogP contribution in [-0.4, -0.2) is 52.8 Å². The van der Waals surface area contributed by atoms with Crippen LogP contribution in [-0.2, 0) is 6.42 Å². The standard InChI is InChI=1S/C28H30N4O2/c1-21(22-8-14-25(15-9-22)34-19-18-31-16-3-4-17-31)20-27-29-28-7-5-6-26(32(28)30-27)23-10-12-24(33-2)13-11-23/h5-15H,1,3-4,16-20H2,2H3. The number of hydrogen-bond donors (Lipinski definition) is 0. The maximum absolute atomic E-state index is 5.92. The van der Waals surface area contributed by atoms with Crippen LogP contribution >= 0.6 is 0 Å². The Labute approximate surface area is 200 Å². The smallest absolute Gasteiger partial charge is 0.156 e. The zero-order valence-corrected chi connectivity index (χ0v) is 19.6. The van der Waals surface area contributed by atoms with Gasteiger partial charge in [0.15, 0.2) is 11.5 Å². The summed E-state index contributed by atoms with van der Waals surface area (Å²) in [6.45, 7) is 8.39. The molecule has 0 bridgehead atoms. The Morgan fingerprint density at radius 2 is 1.68 bits per heavy atom. The summed E-state index contributed by atoms with van der Waals surface area (Å²) in [6.07, 6.45) is 3.19. The van der Waals surface area contributed by atoms with Crippen molar-refractivity contribution in [2.24, 2.45) is 0 Å². The molecule has 6 heteroatoms. The van der Waals surface area contributed by atoms with E-state index >= 15 is 0 Å². The molecule has 3 heterocycles. The van der Waals surface area contributed by atoms with Crippen molar-refractivity contribution in [1.29, 1.82) is 0 Å². The lowest BCUT2D eigenvalue weighted by atomic mass is 10.0. The van der Waals surface area contributed by atoms with E-state index in [2.05, 4.69) is 23.6 Å². The summed E-state index contributed by atoms with van der Waals surface area (Å²) in [6, 6.07) is 22.1. The van der Waals surface area contributed by atoms with E-state index in [0.717, 1.165) is 58.5 Å². The van der Waals surface area contributed by atoms with Crippen molar-refractivity contribution in [2.75, 3.05) is 33.4 Å². The third-order valence-corrected chi connectivity index (χ3v) is 6.30. The van der Waals surface area contributed by atoms with Crippen LogP contribution in [0.1, 0.15) is 24.2 Å². The highest BCUT2D eigenvalue weighted by atomic mass is 16.5. The predicted octanol–water partition coefficient (Wildman–Crippen LogP) is 5.14. The molecule has 5 rings (SSSR count). The molecule has 1 fully saturated rings. The van der Waals surface area contributed by atoms with Gasteiger partial charge in [0, 0.05) is 18.5 Å². The molecule has 1 saturated heterocycles. The van der Waals surface area contributed by atoms with Gasteiger partial charge in [0.2, 0.25) is 0 Å². The van der Waals surface area contributed by atoms with E-state index in [1.165, 1.54) is 25.9 Å². The highest BCUT2D eigenvalue weighted by Gasteiger charge is 2.12. The zero-order chi connectivity index (χ0) is 23.3. The summed E-state index contributed by atoms with van der Waals surface area (Å²) in [7, 11) is 1.67. The van der Waals surface area contributed by atoms with Crippen LogP contribution in [0.15, 0.2) is 73.3 Å². The minimum Gasteiger partial charge on any atom is -0.497 e. The van der Waals surface area contributed by atoms with E-state index < -0.39 is 0 Å². The number of ether oxygens (including phenoxy) is 2. The van der Waals surface area contributed by atoms with E-state index in [9.17, 15) is 0 Å². The van der Waals surface area contributed by atoms with Gasteiger partial charge in [0.25, 0.3) is 0 Å². The molecule has 6 nitrogen and oxygen atoms in total. The number of likely N-dealkylation sites (tertiary alicyclic amines) is 1. The van der Waals surface area contributed by atoms with Gasteiger partial charge in [-0.25, -0.2) is 9.50 Å². The zero-order valence-electron chi connectivity index (χ0n) is 19.6. The third-order valence-electron chi connectivity index (χ3n) is 6.30. The van der Waals surface area contributed by atoms with Gasteiger partial charge in [-0.05, 0) is 85.6 Å². The molecule has 0 atom stereocenters. The molecule has 1 aliphatic rings. The van der Waals surface area contributed by atoms with E-state index in [1.54, 1.807) is 7.11 Å². The molecular formula is C28H30N4O2. The second-order valence-corrected chi connectivity index (χ2v) is 8.64. The average molecular weight is 455 g/mol. The van der Waals surface area contributed by atoms with Gasteiger partial charge >= 0.3 is 0 Å². The molecule has 0 radical (unpaired) electrons. The summed E-state index contributed by atoms with van der Waals surface area (Å²) < 4.78 is 13.1. The van der Waals surface area contributed by atoms with Crippen molar-refractivity contribution in [3.63, 3.8) is 0 Å². The average Bonchev–Trinajstić information content (AvgIpc) is 3.54. The number of allylic oxidation sites excluding steroid dienone is 1. The van der Waals surface area contributed by atoms with Crippen LogP contribution in [0.4, 0.5) is 0 Å². The molecule has 0 aliphatic carbocycles. The van der Waals surface area contributed by atoms with E-state index in [0.29, 0.717) is 6.42 Å². The van der Waals surface area contributed by atoms with Crippen molar-refractivity contribution in [3.05, 3.63) is 84.7 Å². The first-order valence-corrected chi connectivity index (χ1v) is 11.8. The molecule has 0 N–H and O–H groups in total. The number of pyridine rings is 1. The fraction of sp³-hybridized carbons (Fsp3) is 0.286. The fourth-order valence-electron chi connectivity index (χ4n) is 4.38. The Kier molecular flexibility index (Phi) is 6.58. The number of benzene rings is 2. The van der Waals surface area contributed by atoms with Crippen molar-refractivity contribution in [2.45, 2.75) is 19.3 Å². The van der Waals surface area contributed by atoms with Crippen molar-refractivity contribution in [1.82, 2.24) is 19.5 Å². The number of nitrogens with zero attached hydrogens (tertiary/aromatic N) is 4. The Bertz CT molecular complexity index is 1260. The van der Waals surface area contributed by atoms with E-state index in [4.69, 9.17) is 19.6 Å². The van der Waals surface area contributed by atoms with Crippen molar-refractivity contribution >= 4 is 11.2 Å². The molecule has 0 unspecified atom stereocenters. The Hall–Kier alpha value is -3.64. The lowest BCUT2D eigenvalue weighted by molar-refractivity contribution is 0.238. The first kappa shape index (κ1) is 22.2. The van der Waals surface area contributed by atoms with Gasteiger partial charge in [-0.1, -0.05) is 24.8 Å². The molecule has 2 aromatic heterocycles. The Morgan fingerprint density at radius 3 is 2.41 bits per heavy atom. The molecule has 1 aliphatic heterocycles. The van der Waals surface area contributed by atoms with Crippen LogP contribution in [0.25, 0.3) is 22.5 Å². The van der Waals surface area contributed by atoms with Crippen LogP contribution in [0.3, 0.4) is 0 Å². The Balaban J connectivity index is 1.25. The van der Waals surface area contributed by atoms with Crippen LogP contribution < -0.4 is 9.47 Å². The van der Waals surface area contributed by atoms with E-state index in [-0.39, 0.29) is 0 Å². The van der Waals surface area contributed by atoms with Crippen molar-refractivity contribution in [3.8, 4) is 22.8 Å². The number of fused-ring (bicyclic) bond motifs is 1. The summed E-state index contributed by atoms with van der Waals surface area (Å²) in [4.78, 5) is 7.19. The topological polar surface area (TPSA) is 51.9 Å². The van der Waals surface area contributed by atoms with Gasteiger partial charge in [-0.2, -0.15) is 5.10 Å². The second-order valence-electron chi connectivity index (χ2n) is 8.64. The minimum atomic E-state index is 0.582. The Morgan fingerprint density at radius 1 is 0.941 bits per heavy atom. The van der Waals surface area contributed by atoms with Crippen LogP contribution in [0, 0.1) is 0 Å². The first-order valence-electron chi connectivity index (χ1n) is 11.8. The number of methoxy groups -OCH3 is 1. The van der Waals surface area contributed by atoms with Crippen LogP contribution in [0.5, 0.6) is 11.5 Å². The lowest BCUT2D eigenvalue weighted by Gasteiger charge is -2.15. The minimum absolute atomic E-state index is 0.582. The first-order chi connectivity index (χ1) is 16.7. The van der Waals surface area contributed by atoms with Gasteiger partial charge in [-0.15, -0.1) is 0 Å². The largest absolute Gasteiger partial charge is 0.497 e. The van der Waals surface area contributed by atoms with Gasteiger partial charge in [-0.3, -0.25) is 4.90 Å². The maximum atomic E-state index is 5.92. The predicted molar refractivity (Wildman–Crippen MR) is 135 cm³/mol. The molecule has 34 heavy (non-hydrogen) atoms. The maximum Gasteiger partial charge on any atom is 0.156 e. The number of rotatable bonds is 9. The second kappa shape index (κ2) is 10.1. The van der Waals surface area contributed by atoms with Gasteiger partial charge < -0.3 is 9.47 Å². The molecule has 0 spiro atoms. The quantitative estimate of drug-likeness (QED) is 0.351. The van der Waals surface area contributed by atoms with Gasteiger partial charge in [0.1, 0.15) is 18.1 Å². The molecule has 4 aromatic rings. The molecule has 0 saturated carbocycles. The number of aromatic nitrogens is 3. The molecule has 0 amide bonds. The van der Waals surface area contributed by atoms with Crippen molar-refractivity contribution < 1.29 is 9.47 Å². The summed E-state index contributed by atoms with van der Waals surface area (Å²) in [5.74, 6) is 2.47. The summed E-state index contributed by atoms with van der Waals surface area (Å²) in [5.41, 5.74) is 4.91.